The molecule has 0 spiro atoms. The number of hydrogen-bond donors (Lipinski definition) is 1. The number of hydrogen-bond acceptors (Lipinski definition) is 4. The summed E-state index contributed by atoms with van der Waals surface area (Å²) in [4.78, 5) is 18.3. The van der Waals surface area contributed by atoms with Crippen LogP contribution >= 0.6 is 0 Å². The third-order valence-corrected chi connectivity index (χ3v) is 5.89. The lowest BCUT2D eigenvalue weighted by Crippen LogP contribution is -2.47. The van der Waals surface area contributed by atoms with Crippen LogP contribution in [0.2, 0.25) is 0 Å². The minimum absolute atomic E-state index is 0.202. The lowest BCUT2D eigenvalue weighted by Gasteiger charge is -2.32. The second kappa shape index (κ2) is 6.75. The van der Waals surface area contributed by atoms with E-state index in [-0.39, 0.29) is 12.5 Å². The molecule has 1 aromatic heterocycles. The molecule has 2 heterocycles. The molecule has 1 saturated heterocycles. The average molecular weight is 325 g/mol. The van der Waals surface area contributed by atoms with Crippen LogP contribution in [0.4, 0.5) is 0 Å². The summed E-state index contributed by atoms with van der Waals surface area (Å²) in [5, 5.41) is -0.551. The molecule has 1 N–H and O–H groups in total. The van der Waals surface area contributed by atoms with Gasteiger partial charge in [0, 0.05) is 19.3 Å². The number of nitrogens with zero attached hydrogens (tertiary/aromatic N) is 2. The van der Waals surface area contributed by atoms with Crippen molar-refractivity contribution < 1.29 is 13.2 Å². The molecule has 1 fully saturated rings. The van der Waals surface area contributed by atoms with Crippen LogP contribution in [-0.4, -0.2) is 49.6 Å². The first-order valence-electron chi connectivity index (χ1n) is 7.52. The summed E-state index contributed by atoms with van der Waals surface area (Å²) in [5.41, 5.74) is 1.44. The van der Waals surface area contributed by atoms with E-state index in [0.29, 0.717) is 31.0 Å². The third kappa shape index (κ3) is 3.64. The Kier molecular flexibility index (Phi) is 5.18. The molecule has 0 radical (unpaired) electrons. The Balaban J connectivity index is 2.12. The second-order valence-corrected chi connectivity index (χ2v) is 8.06. The summed E-state index contributed by atoms with van der Waals surface area (Å²) in [5.74, 6) is 0.156. The van der Waals surface area contributed by atoms with Crippen LogP contribution in [0.3, 0.4) is 0 Å². The van der Waals surface area contributed by atoms with Crippen molar-refractivity contribution in [2.24, 2.45) is 0 Å². The van der Waals surface area contributed by atoms with Crippen molar-refractivity contribution in [3.05, 3.63) is 29.6 Å². The van der Waals surface area contributed by atoms with E-state index >= 15 is 0 Å². The van der Waals surface area contributed by atoms with E-state index in [0.717, 1.165) is 5.56 Å². The van der Waals surface area contributed by atoms with Crippen LogP contribution in [0.25, 0.3) is 0 Å². The number of aromatic nitrogens is 1. The van der Waals surface area contributed by atoms with Gasteiger partial charge >= 0.3 is 0 Å². The number of nitrogens with one attached hydrogen (secondary N) is 1. The highest BCUT2D eigenvalue weighted by atomic mass is 32.2. The Bertz CT molecular complexity index is 626. The lowest BCUT2D eigenvalue weighted by molar-refractivity contribution is 0.0720. The van der Waals surface area contributed by atoms with Gasteiger partial charge in [-0.2, -0.15) is 0 Å². The Hall–Kier alpha value is -1.47. The van der Waals surface area contributed by atoms with Crippen molar-refractivity contribution >= 4 is 15.9 Å². The fourth-order valence-corrected chi connectivity index (χ4v) is 3.76. The molecule has 0 bridgehead atoms. The fourth-order valence-electron chi connectivity index (χ4n) is 2.58. The van der Waals surface area contributed by atoms with Gasteiger partial charge in [0.25, 0.3) is 5.91 Å². The van der Waals surface area contributed by atoms with E-state index in [2.05, 4.69) is 23.6 Å². The van der Waals surface area contributed by atoms with Gasteiger partial charge in [0.2, 0.25) is 10.0 Å². The number of carbonyl (C=O) groups excluding carboxylic acids is 1. The Morgan fingerprint density at radius 3 is 2.68 bits per heavy atom. The molecule has 7 heteroatoms. The molecule has 1 unspecified atom stereocenters. The van der Waals surface area contributed by atoms with E-state index in [1.54, 1.807) is 17.2 Å². The molecule has 6 nitrogen and oxygen atoms in total. The molecule has 1 atom stereocenters. The van der Waals surface area contributed by atoms with Gasteiger partial charge in [0.05, 0.1) is 5.25 Å². The molecule has 1 aliphatic heterocycles. The zero-order chi connectivity index (χ0) is 16.3. The minimum atomic E-state index is -3.35. The summed E-state index contributed by atoms with van der Waals surface area (Å²) < 4.78 is 26.2. The molecule has 22 heavy (non-hydrogen) atoms. The highest BCUT2D eigenvalue weighted by Crippen LogP contribution is 2.19. The van der Waals surface area contributed by atoms with Crippen molar-refractivity contribution in [1.82, 2.24) is 14.6 Å². The first-order valence-corrected chi connectivity index (χ1v) is 9.07. The van der Waals surface area contributed by atoms with Crippen LogP contribution in [0.5, 0.6) is 0 Å². The normalized spacial score (nSPS) is 19.5. The number of likely N-dealkylation sites (tertiary alicyclic amines) is 1. The Morgan fingerprint density at radius 2 is 2.14 bits per heavy atom. The van der Waals surface area contributed by atoms with Gasteiger partial charge in [-0.25, -0.2) is 13.1 Å². The molecule has 0 aliphatic carbocycles. The zero-order valence-electron chi connectivity index (χ0n) is 13.2. The average Bonchev–Trinajstić information content (AvgIpc) is 2.54. The van der Waals surface area contributed by atoms with Crippen molar-refractivity contribution in [1.29, 1.82) is 0 Å². The number of rotatable bonds is 4. The summed E-state index contributed by atoms with van der Waals surface area (Å²) in [6.45, 7) is 4.92. The van der Waals surface area contributed by atoms with E-state index < -0.39 is 15.3 Å². The summed E-state index contributed by atoms with van der Waals surface area (Å²) >= 11 is 0. The number of carbonyl (C=O) groups is 1. The van der Waals surface area contributed by atoms with Gasteiger partial charge in [-0.3, -0.25) is 9.78 Å². The highest BCUT2D eigenvalue weighted by Gasteiger charge is 2.32. The first-order chi connectivity index (χ1) is 10.3. The van der Waals surface area contributed by atoms with Crippen molar-refractivity contribution in [3.63, 3.8) is 0 Å². The quantitative estimate of drug-likeness (QED) is 0.906. The largest absolute Gasteiger partial charge is 0.336 e. The van der Waals surface area contributed by atoms with Gasteiger partial charge in [0.15, 0.2) is 0 Å². The molecule has 0 saturated carbocycles. The van der Waals surface area contributed by atoms with Crippen molar-refractivity contribution in [3.8, 4) is 0 Å². The second-order valence-electron chi connectivity index (χ2n) is 5.90. The summed E-state index contributed by atoms with van der Waals surface area (Å²) in [6, 6.07) is 3.62. The van der Waals surface area contributed by atoms with E-state index in [1.807, 2.05) is 6.07 Å². The SMILES string of the molecule is CNS(=O)(=O)C1CCCN(C(=O)c2ccc(C(C)C)cn2)C1. The standard InChI is InChI=1S/C15H23N3O3S/c1-11(2)12-6-7-14(17-9-12)15(19)18-8-4-5-13(10-18)22(20,21)16-3/h6-7,9,11,13,16H,4-5,8,10H2,1-3H3. The number of sulfonamides is 1. The van der Waals surface area contributed by atoms with E-state index in [4.69, 9.17) is 0 Å². The number of piperidine rings is 1. The monoisotopic (exact) mass is 325 g/mol. The molecule has 2 rings (SSSR count). The maximum absolute atomic E-state index is 12.5. The van der Waals surface area contributed by atoms with Gasteiger partial charge in [0.1, 0.15) is 5.69 Å². The van der Waals surface area contributed by atoms with Crippen LogP contribution in [-0.2, 0) is 10.0 Å². The molecule has 1 aromatic rings. The van der Waals surface area contributed by atoms with E-state index in [9.17, 15) is 13.2 Å². The van der Waals surface area contributed by atoms with Gasteiger partial charge in [-0.1, -0.05) is 19.9 Å². The molecular weight excluding hydrogens is 302 g/mol. The third-order valence-electron chi connectivity index (χ3n) is 4.06. The molecule has 122 valence electrons. The van der Waals surface area contributed by atoms with Crippen LogP contribution in [0.15, 0.2) is 18.3 Å². The van der Waals surface area contributed by atoms with Crippen molar-refractivity contribution in [2.45, 2.75) is 37.9 Å². The summed E-state index contributed by atoms with van der Waals surface area (Å²) in [6.07, 6.45) is 2.97. The van der Waals surface area contributed by atoms with Crippen LogP contribution < -0.4 is 4.72 Å². The molecule has 1 aliphatic rings. The molecule has 1 amide bonds. The highest BCUT2D eigenvalue weighted by molar-refractivity contribution is 7.90. The maximum atomic E-state index is 12.5. The van der Waals surface area contributed by atoms with Gasteiger partial charge < -0.3 is 4.90 Å². The Labute approximate surface area is 132 Å². The zero-order valence-corrected chi connectivity index (χ0v) is 14.1. The summed E-state index contributed by atoms with van der Waals surface area (Å²) in [7, 11) is -1.95. The molecule has 0 aromatic carbocycles. The van der Waals surface area contributed by atoms with Crippen molar-refractivity contribution in [2.75, 3.05) is 20.1 Å². The van der Waals surface area contributed by atoms with Crippen LogP contribution in [0, 0.1) is 0 Å². The minimum Gasteiger partial charge on any atom is -0.336 e. The van der Waals surface area contributed by atoms with Gasteiger partial charge in [-0.15, -0.1) is 0 Å². The first kappa shape index (κ1) is 16.9. The molecular formula is C15H23N3O3S. The van der Waals surface area contributed by atoms with Gasteiger partial charge in [-0.05, 0) is 37.4 Å². The smallest absolute Gasteiger partial charge is 0.272 e. The van der Waals surface area contributed by atoms with Crippen LogP contribution in [0.1, 0.15) is 48.7 Å². The maximum Gasteiger partial charge on any atom is 0.272 e. The predicted molar refractivity (Wildman–Crippen MR) is 85.2 cm³/mol. The topological polar surface area (TPSA) is 79.4 Å². The number of pyridine rings is 1. The number of amides is 1. The van der Waals surface area contributed by atoms with E-state index in [1.165, 1.54) is 7.05 Å². The Morgan fingerprint density at radius 1 is 1.41 bits per heavy atom. The fraction of sp³-hybridized carbons (Fsp3) is 0.600. The predicted octanol–water partition coefficient (Wildman–Crippen LogP) is 1.36. The lowest BCUT2D eigenvalue weighted by atomic mass is 10.1.